The normalized spacial score (nSPS) is 16.7. The number of benzene rings is 1. The fourth-order valence-corrected chi connectivity index (χ4v) is 2.43. The van der Waals surface area contributed by atoms with Gasteiger partial charge in [-0.15, -0.1) is 0 Å². The number of hydrogen-bond acceptors (Lipinski definition) is 4. The standard InChI is InChI=1S/C16H20N2O3/c1-4-21-16(2,12-5-6-12)15(19)18-13-7-8-14(20-3)11(9-13)10-17/h7-9,12H,4-6H2,1-3H3,(H,18,19)/t16-/m0/s1. The number of nitriles is 1. The van der Waals surface area contributed by atoms with Gasteiger partial charge in [0.1, 0.15) is 17.4 Å². The Hall–Kier alpha value is -2.06. The molecule has 0 unspecified atom stereocenters. The van der Waals surface area contributed by atoms with Gasteiger partial charge < -0.3 is 14.8 Å². The highest BCUT2D eigenvalue weighted by Gasteiger charge is 2.48. The molecule has 0 spiro atoms. The molecular weight excluding hydrogens is 268 g/mol. The van der Waals surface area contributed by atoms with Crippen molar-refractivity contribution in [2.45, 2.75) is 32.3 Å². The molecule has 0 heterocycles. The molecule has 1 saturated carbocycles. The Morgan fingerprint density at radius 1 is 1.52 bits per heavy atom. The molecule has 0 saturated heterocycles. The highest BCUT2D eigenvalue weighted by molar-refractivity contribution is 5.97. The number of rotatable bonds is 6. The lowest BCUT2D eigenvalue weighted by atomic mass is 9.98. The molecular formula is C16H20N2O3. The van der Waals surface area contributed by atoms with Gasteiger partial charge in [-0.2, -0.15) is 5.26 Å². The van der Waals surface area contributed by atoms with E-state index in [2.05, 4.69) is 11.4 Å². The van der Waals surface area contributed by atoms with Crippen molar-refractivity contribution in [1.29, 1.82) is 5.26 Å². The number of nitrogens with one attached hydrogen (secondary N) is 1. The van der Waals surface area contributed by atoms with Gasteiger partial charge in [0.2, 0.25) is 0 Å². The monoisotopic (exact) mass is 288 g/mol. The zero-order chi connectivity index (χ0) is 15.5. The van der Waals surface area contributed by atoms with E-state index in [0.29, 0.717) is 23.6 Å². The highest BCUT2D eigenvalue weighted by atomic mass is 16.5. The lowest BCUT2D eigenvalue weighted by molar-refractivity contribution is -0.141. The van der Waals surface area contributed by atoms with Gasteiger partial charge in [0.05, 0.1) is 12.7 Å². The minimum atomic E-state index is -0.804. The maximum atomic E-state index is 12.5. The first-order chi connectivity index (χ1) is 10.0. The summed E-state index contributed by atoms with van der Waals surface area (Å²) in [7, 11) is 1.51. The topological polar surface area (TPSA) is 71.3 Å². The number of ether oxygens (including phenoxy) is 2. The molecule has 1 aliphatic carbocycles. The fourth-order valence-electron chi connectivity index (χ4n) is 2.43. The van der Waals surface area contributed by atoms with Crippen molar-refractivity contribution < 1.29 is 14.3 Å². The van der Waals surface area contributed by atoms with Crippen LogP contribution in [0.5, 0.6) is 5.75 Å². The predicted octanol–water partition coefficient (Wildman–Crippen LogP) is 2.71. The lowest BCUT2D eigenvalue weighted by Crippen LogP contribution is -2.44. The second kappa shape index (κ2) is 6.15. The zero-order valence-electron chi connectivity index (χ0n) is 12.6. The van der Waals surface area contributed by atoms with Crippen molar-refractivity contribution in [3.8, 4) is 11.8 Å². The number of methoxy groups -OCH3 is 1. The molecule has 1 aromatic carbocycles. The molecule has 0 aromatic heterocycles. The zero-order valence-corrected chi connectivity index (χ0v) is 12.6. The summed E-state index contributed by atoms with van der Waals surface area (Å²) in [5.74, 6) is 0.595. The van der Waals surface area contributed by atoms with E-state index < -0.39 is 5.60 Å². The molecule has 0 bridgehead atoms. The van der Waals surface area contributed by atoms with Gasteiger partial charge in [-0.1, -0.05) is 0 Å². The molecule has 1 fully saturated rings. The van der Waals surface area contributed by atoms with E-state index >= 15 is 0 Å². The Balaban J connectivity index is 2.17. The van der Waals surface area contributed by atoms with E-state index in [-0.39, 0.29) is 11.8 Å². The second-order valence-corrected chi connectivity index (χ2v) is 5.30. The second-order valence-electron chi connectivity index (χ2n) is 5.30. The van der Waals surface area contributed by atoms with Crippen LogP contribution >= 0.6 is 0 Å². The van der Waals surface area contributed by atoms with E-state index in [1.54, 1.807) is 18.2 Å². The van der Waals surface area contributed by atoms with Gasteiger partial charge in [-0.05, 0) is 50.8 Å². The van der Waals surface area contributed by atoms with Gasteiger partial charge in [0.25, 0.3) is 5.91 Å². The van der Waals surface area contributed by atoms with Gasteiger partial charge >= 0.3 is 0 Å². The number of carbonyl (C=O) groups excluding carboxylic acids is 1. The first kappa shape index (κ1) is 15.3. The van der Waals surface area contributed by atoms with Crippen LogP contribution in [-0.2, 0) is 9.53 Å². The quantitative estimate of drug-likeness (QED) is 0.873. The Bertz CT molecular complexity index is 575. The molecule has 1 N–H and O–H groups in total. The van der Waals surface area contributed by atoms with Crippen molar-refractivity contribution in [1.82, 2.24) is 0 Å². The van der Waals surface area contributed by atoms with Crippen molar-refractivity contribution >= 4 is 11.6 Å². The van der Waals surface area contributed by atoms with Crippen molar-refractivity contribution in [2.75, 3.05) is 19.0 Å². The maximum Gasteiger partial charge on any atom is 0.256 e. The summed E-state index contributed by atoms with van der Waals surface area (Å²) in [6, 6.07) is 7.05. The largest absolute Gasteiger partial charge is 0.495 e. The first-order valence-electron chi connectivity index (χ1n) is 7.08. The van der Waals surface area contributed by atoms with Gasteiger partial charge in [-0.25, -0.2) is 0 Å². The van der Waals surface area contributed by atoms with Crippen LogP contribution in [0.4, 0.5) is 5.69 Å². The van der Waals surface area contributed by atoms with Crippen LogP contribution < -0.4 is 10.1 Å². The Labute approximate surface area is 124 Å². The van der Waals surface area contributed by atoms with Gasteiger partial charge in [0.15, 0.2) is 0 Å². The molecule has 1 amide bonds. The third-order valence-corrected chi connectivity index (χ3v) is 3.83. The number of nitrogens with zero attached hydrogens (tertiary/aromatic N) is 1. The average Bonchev–Trinajstić information content (AvgIpc) is 3.32. The van der Waals surface area contributed by atoms with E-state index in [4.69, 9.17) is 14.7 Å². The maximum absolute atomic E-state index is 12.5. The molecule has 1 aliphatic rings. The predicted molar refractivity (Wildman–Crippen MR) is 79.1 cm³/mol. The van der Waals surface area contributed by atoms with Crippen LogP contribution in [0.15, 0.2) is 18.2 Å². The van der Waals surface area contributed by atoms with Gasteiger partial charge in [0, 0.05) is 12.3 Å². The van der Waals surface area contributed by atoms with E-state index in [1.807, 2.05) is 13.8 Å². The number of anilines is 1. The third kappa shape index (κ3) is 3.17. The number of amides is 1. The minimum absolute atomic E-state index is 0.166. The minimum Gasteiger partial charge on any atom is -0.495 e. The van der Waals surface area contributed by atoms with Crippen molar-refractivity contribution in [3.05, 3.63) is 23.8 Å². The van der Waals surface area contributed by atoms with Crippen LogP contribution in [0.1, 0.15) is 32.3 Å². The summed E-state index contributed by atoms with van der Waals surface area (Å²) >= 11 is 0. The summed E-state index contributed by atoms with van der Waals surface area (Å²) in [5.41, 5.74) is 0.158. The van der Waals surface area contributed by atoms with Crippen LogP contribution in [0.3, 0.4) is 0 Å². The first-order valence-corrected chi connectivity index (χ1v) is 7.08. The summed E-state index contributed by atoms with van der Waals surface area (Å²) in [6.45, 7) is 4.21. The SMILES string of the molecule is CCO[C@](C)(C(=O)Nc1ccc(OC)c(C#N)c1)C1CC1. The summed E-state index contributed by atoms with van der Waals surface area (Å²) in [5, 5.41) is 11.9. The number of carbonyl (C=O) groups is 1. The van der Waals surface area contributed by atoms with Gasteiger partial charge in [-0.3, -0.25) is 4.79 Å². The molecule has 112 valence electrons. The fraction of sp³-hybridized carbons (Fsp3) is 0.500. The van der Waals surface area contributed by atoms with Crippen LogP contribution in [0, 0.1) is 17.2 Å². The number of hydrogen-bond donors (Lipinski definition) is 1. The summed E-state index contributed by atoms with van der Waals surface area (Å²) in [4.78, 5) is 12.5. The molecule has 1 atom stereocenters. The molecule has 5 heteroatoms. The summed E-state index contributed by atoms with van der Waals surface area (Å²) < 4.78 is 10.8. The summed E-state index contributed by atoms with van der Waals surface area (Å²) in [6.07, 6.45) is 2.02. The molecule has 5 nitrogen and oxygen atoms in total. The molecule has 0 aliphatic heterocycles. The Kier molecular flexibility index (Phi) is 4.49. The van der Waals surface area contributed by atoms with Crippen molar-refractivity contribution in [2.24, 2.45) is 5.92 Å². The Morgan fingerprint density at radius 2 is 2.24 bits per heavy atom. The van der Waals surface area contributed by atoms with Crippen LogP contribution in [0.2, 0.25) is 0 Å². The highest BCUT2D eigenvalue weighted by Crippen LogP contribution is 2.42. The average molecular weight is 288 g/mol. The van der Waals surface area contributed by atoms with Crippen LogP contribution in [-0.4, -0.2) is 25.2 Å². The molecule has 1 aromatic rings. The smallest absolute Gasteiger partial charge is 0.256 e. The van der Waals surface area contributed by atoms with Crippen molar-refractivity contribution in [3.63, 3.8) is 0 Å². The third-order valence-electron chi connectivity index (χ3n) is 3.83. The van der Waals surface area contributed by atoms with E-state index in [9.17, 15) is 4.79 Å². The molecule has 2 rings (SSSR count). The van der Waals surface area contributed by atoms with E-state index in [1.165, 1.54) is 7.11 Å². The lowest BCUT2D eigenvalue weighted by Gasteiger charge is -2.28. The molecule has 21 heavy (non-hydrogen) atoms. The Morgan fingerprint density at radius 3 is 2.76 bits per heavy atom. The van der Waals surface area contributed by atoms with E-state index in [0.717, 1.165) is 12.8 Å². The van der Waals surface area contributed by atoms with Crippen LogP contribution in [0.25, 0.3) is 0 Å². The molecule has 0 radical (unpaired) electrons.